The average molecular weight is 745 g/mol. The summed E-state index contributed by atoms with van der Waals surface area (Å²) in [6.45, 7) is 18.3. The molecule has 8 heteroatoms. The van der Waals surface area contributed by atoms with Crippen molar-refractivity contribution in [3.8, 4) is 28.2 Å². The lowest BCUT2D eigenvalue weighted by Gasteiger charge is -2.31. The first-order valence-electron chi connectivity index (χ1n) is 20.1. The van der Waals surface area contributed by atoms with Gasteiger partial charge in [-0.05, 0) is 83.5 Å². The molecule has 0 saturated carbocycles. The number of aliphatic imine (C=N–C) groups is 1. The molecule has 8 nitrogen and oxygen atoms in total. The third-order valence-corrected chi connectivity index (χ3v) is 11.3. The fraction of sp³-hybridized carbons (Fsp3) is 0.271. The Morgan fingerprint density at radius 1 is 0.714 bits per heavy atom. The summed E-state index contributed by atoms with van der Waals surface area (Å²) in [5, 5.41) is 5.69. The summed E-state index contributed by atoms with van der Waals surface area (Å²) in [4.78, 5) is 24.2. The van der Waals surface area contributed by atoms with Gasteiger partial charge in [-0.1, -0.05) is 42.5 Å². The summed E-state index contributed by atoms with van der Waals surface area (Å²) in [5.74, 6) is 1.99. The van der Waals surface area contributed by atoms with Crippen molar-refractivity contribution in [2.75, 3.05) is 54.4 Å². The minimum atomic E-state index is -0.302. The van der Waals surface area contributed by atoms with Gasteiger partial charge in [0.2, 0.25) is 5.36 Å². The molecular weight excluding hydrogens is 695 g/mol. The Bertz CT molecular complexity index is 2570. The third kappa shape index (κ3) is 6.53. The highest BCUT2D eigenvalue weighted by Gasteiger charge is 2.31. The standard InChI is InChI=1S/C48H49N5O3/c1-7-51(8-2)31-21-24-38-42(27-31)55-43-28-32(52(9-3)10-4)22-25-39(43)46(38)35-18-14-16-20-37(35)48(54)50-41-30-45-47(36-19-15-13-17-34(36)41)49-40-26-23-33(29-44(40)56-45)53(11-5)12-6/h13-29H,7-12,30H2,1-6H3/p+1. The van der Waals surface area contributed by atoms with Crippen molar-refractivity contribution < 1.29 is 13.9 Å². The number of carbonyl (C=O) groups is 1. The van der Waals surface area contributed by atoms with Crippen LogP contribution in [0.15, 0.2) is 118 Å². The normalized spacial score (nSPS) is 13.9. The zero-order chi connectivity index (χ0) is 38.9. The molecule has 2 heterocycles. The minimum Gasteiger partial charge on any atom is -0.457 e. The van der Waals surface area contributed by atoms with E-state index in [1.54, 1.807) is 0 Å². The van der Waals surface area contributed by atoms with Crippen molar-refractivity contribution in [1.29, 1.82) is 0 Å². The van der Waals surface area contributed by atoms with Crippen molar-refractivity contribution in [1.82, 2.24) is 4.58 Å². The largest absolute Gasteiger partial charge is 0.457 e. The maximum Gasteiger partial charge on any atom is 0.277 e. The minimum absolute atomic E-state index is 0.302. The average Bonchev–Trinajstić information content (AvgIpc) is 3.23. The van der Waals surface area contributed by atoms with Crippen molar-refractivity contribution in [3.05, 3.63) is 131 Å². The fourth-order valence-electron chi connectivity index (χ4n) is 8.31. The second kappa shape index (κ2) is 15.5. The number of amides is 1. The van der Waals surface area contributed by atoms with Crippen LogP contribution in [0.1, 0.15) is 69.4 Å². The maximum absolute atomic E-state index is 14.7. The predicted molar refractivity (Wildman–Crippen MR) is 231 cm³/mol. The van der Waals surface area contributed by atoms with Crippen LogP contribution in [-0.2, 0) is 0 Å². The Balaban J connectivity index is 1.24. The summed E-state index contributed by atoms with van der Waals surface area (Å²) >= 11 is 0. The topological polar surface area (TPSA) is 73.3 Å². The van der Waals surface area contributed by atoms with Gasteiger partial charge in [-0.3, -0.25) is 4.79 Å². The summed E-state index contributed by atoms with van der Waals surface area (Å²) < 4.78 is 15.7. The van der Waals surface area contributed by atoms with Gasteiger partial charge in [0.1, 0.15) is 30.2 Å². The zero-order valence-electron chi connectivity index (χ0n) is 33.3. The molecule has 56 heavy (non-hydrogen) atoms. The van der Waals surface area contributed by atoms with Crippen molar-refractivity contribution in [3.63, 3.8) is 0 Å². The van der Waals surface area contributed by atoms with Crippen LogP contribution in [0.4, 0.5) is 17.1 Å². The Hall–Kier alpha value is -6.15. The molecule has 1 amide bonds. The van der Waals surface area contributed by atoms with Gasteiger partial charge in [0.05, 0.1) is 29.6 Å². The van der Waals surface area contributed by atoms with E-state index in [4.69, 9.17) is 14.1 Å². The van der Waals surface area contributed by atoms with Crippen molar-refractivity contribution in [2.24, 2.45) is 4.99 Å². The lowest BCUT2D eigenvalue weighted by Crippen LogP contribution is -2.29. The van der Waals surface area contributed by atoms with E-state index in [9.17, 15) is 4.79 Å². The number of benzene rings is 5. The van der Waals surface area contributed by atoms with Gasteiger partial charge in [-0.25, -0.2) is 9.57 Å². The number of nitrogens with one attached hydrogen (secondary N) is 1. The third-order valence-electron chi connectivity index (χ3n) is 11.3. The molecule has 2 aliphatic carbocycles. The van der Waals surface area contributed by atoms with Gasteiger partial charge in [-0.15, -0.1) is 0 Å². The van der Waals surface area contributed by atoms with Gasteiger partial charge < -0.3 is 24.3 Å². The van der Waals surface area contributed by atoms with E-state index < -0.39 is 0 Å². The summed E-state index contributed by atoms with van der Waals surface area (Å²) in [7, 11) is 0. The molecule has 0 aromatic heterocycles. The van der Waals surface area contributed by atoms with E-state index in [1.165, 1.54) is 0 Å². The van der Waals surface area contributed by atoms with E-state index in [1.807, 2.05) is 42.5 Å². The molecule has 0 saturated heterocycles. The van der Waals surface area contributed by atoms with E-state index in [2.05, 4.69) is 122 Å². The Morgan fingerprint density at radius 3 is 2.09 bits per heavy atom. The Kier molecular flexibility index (Phi) is 10.2. The van der Waals surface area contributed by atoms with Crippen molar-refractivity contribution in [2.45, 2.75) is 48.0 Å². The molecule has 4 aromatic carbocycles. The highest BCUT2D eigenvalue weighted by atomic mass is 16.5. The quantitative estimate of drug-likeness (QED) is 0.111. The first-order valence-corrected chi connectivity index (χ1v) is 20.1. The second-order valence-corrected chi connectivity index (χ2v) is 14.2. The number of carbonyl (C=O) groups excluding carboxylic acids is 1. The highest BCUT2D eigenvalue weighted by Crippen LogP contribution is 2.44. The molecule has 0 fully saturated rings. The number of hydrogen-bond acceptors (Lipinski definition) is 6. The number of allylic oxidation sites excluding steroid dienone is 1. The smallest absolute Gasteiger partial charge is 0.277 e. The van der Waals surface area contributed by atoms with Crippen LogP contribution in [0.2, 0.25) is 0 Å². The predicted octanol–water partition coefficient (Wildman–Crippen LogP) is 9.92. The van der Waals surface area contributed by atoms with Crippen LogP contribution in [-0.4, -0.2) is 50.9 Å². The lowest BCUT2D eigenvalue weighted by molar-refractivity contribution is 0.100. The number of fused-ring (bicyclic) bond motifs is 5. The van der Waals surface area contributed by atoms with Gasteiger partial charge in [0.15, 0.2) is 5.75 Å². The first kappa shape index (κ1) is 36.8. The Labute approximate surface area is 329 Å². The molecule has 0 spiro atoms. The summed E-state index contributed by atoms with van der Waals surface area (Å²) in [6, 6.07) is 35.1. The number of rotatable bonds is 10. The van der Waals surface area contributed by atoms with Crippen LogP contribution < -0.4 is 29.8 Å². The molecule has 2 aliphatic heterocycles. The lowest BCUT2D eigenvalue weighted by atomic mass is 9.89. The summed E-state index contributed by atoms with van der Waals surface area (Å²) in [5.41, 5.74) is 10.6. The van der Waals surface area contributed by atoms with Crippen LogP contribution in [0.5, 0.6) is 5.75 Å². The van der Waals surface area contributed by atoms with E-state index in [-0.39, 0.29) is 5.91 Å². The van der Waals surface area contributed by atoms with Crippen LogP contribution in [0.25, 0.3) is 39.1 Å². The molecule has 284 valence electrons. The van der Waals surface area contributed by atoms with Gasteiger partial charge in [-0.2, -0.15) is 0 Å². The Morgan fingerprint density at radius 2 is 1.38 bits per heavy atom. The number of ether oxygens (including phenoxy) is 1. The van der Waals surface area contributed by atoms with Crippen LogP contribution in [0.3, 0.4) is 0 Å². The number of nitrogens with zero attached hydrogens (tertiary/aromatic N) is 4. The summed E-state index contributed by atoms with van der Waals surface area (Å²) in [6.07, 6.45) is 0.376. The molecule has 4 aromatic rings. The second-order valence-electron chi connectivity index (χ2n) is 14.2. The highest BCUT2D eigenvalue weighted by molar-refractivity contribution is 6.18. The first-order chi connectivity index (χ1) is 27.4. The molecule has 0 radical (unpaired) electrons. The van der Waals surface area contributed by atoms with E-state index >= 15 is 0 Å². The monoisotopic (exact) mass is 744 g/mol. The molecular formula is C48H50N5O3+. The van der Waals surface area contributed by atoms with Crippen LogP contribution in [0, 0.1) is 0 Å². The molecule has 0 atom stereocenters. The molecule has 4 aliphatic rings. The van der Waals surface area contributed by atoms with E-state index in [0.717, 1.165) is 123 Å². The molecule has 0 unspecified atom stereocenters. The zero-order valence-corrected chi connectivity index (χ0v) is 33.3. The molecule has 0 bridgehead atoms. The number of hydrogen-bond donors (Lipinski definition) is 1. The van der Waals surface area contributed by atoms with Crippen molar-refractivity contribution >= 4 is 45.3 Å². The van der Waals surface area contributed by atoms with Gasteiger partial charge in [0, 0.05) is 89.0 Å². The van der Waals surface area contributed by atoms with E-state index in [0.29, 0.717) is 17.7 Å². The maximum atomic E-state index is 14.7. The SMILES string of the molecule is CCN(CC)c1ccc2c(c1)OC1=C(N2)c2ccccc2C(=NC(=O)c2ccccc2-c2c3ccc(=[N+](CC)CC)cc-3oc3cc(N(CC)CC)ccc23)C1. The van der Waals surface area contributed by atoms with Gasteiger partial charge in [0.25, 0.3) is 5.91 Å². The fourth-order valence-corrected chi connectivity index (χ4v) is 8.31. The van der Waals surface area contributed by atoms with Gasteiger partial charge >= 0.3 is 0 Å². The van der Waals surface area contributed by atoms with Crippen LogP contribution >= 0.6 is 0 Å². The molecule has 1 N–H and O–H groups in total. The molecule has 8 rings (SSSR count). The number of anilines is 3.